The van der Waals surface area contributed by atoms with Gasteiger partial charge in [-0.3, -0.25) is 4.79 Å². The molecular formula is C23H35FN8O3. The summed E-state index contributed by atoms with van der Waals surface area (Å²) in [6, 6.07) is 3.18. The van der Waals surface area contributed by atoms with E-state index in [0.717, 1.165) is 32.0 Å². The van der Waals surface area contributed by atoms with Crippen molar-refractivity contribution < 1.29 is 18.7 Å². The van der Waals surface area contributed by atoms with Gasteiger partial charge in [-0.2, -0.15) is 4.52 Å². The molecule has 35 heavy (non-hydrogen) atoms. The number of nitrogens with zero attached hydrogens (tertiary/aromatic N) is 7. The van der Waals surface area contributed by atoms with Gasteiger partial charge in [0, 0.05) is 45.6 Å². The monoisotopic (exact) mass is 490 g/mol. The molecule has 2 amide bonds. The zero-order chi connectivity index (χ0) is 25.2. The van der Waals surface area contributed by atoms with E-state index in [4.69, 9.17) is 9.84 Å². The van der Waals surface area contributed by atoms with E-state index in [1.54, 1.807) is 25.3 Å². The van der Waals surface area contributed by atoms with Crippen LogP contribution < -0.4 is 10.2 Å². The summed E-state index contributed by atoms with van der Waals surface area (Å²) in [4.78, 5) is 30.6. The fourth-order valence-electron chi connectivity index (χ4n) is 4.25. The number of aryl methyl sites for hydroxylation is 1. The summed E-state index contributed by atoms with van der Waals surface area (Å²) in [7, 11) is 2.10. The SMILES string of the molecule is CN1CCN(c2ccc3nnc(CCC(=O)N[C@H]4CCN(C(=O)OC(C)(C)C)C[C@H]4F)n3n2)CC1. The van der Waals surface area contributed by atoms with Gasteiger partial charge in [0.05, 0.1) is 12.6 Å². The smallest absolute Gasteiger partial charge is 0.410 e. The molecule has 4 heterocycles. The normalized spacial score (nSPS) is 21.9. The lowest BCUT2D eigenvalue weighted by molar-refractivity contribution is -0.122. The molecule has 0 bridgehead atoms. The number of amides is 2. The summed E-state index contributed by atoms with van der Waals surface area (Å²) in [5, 5.41) is 15.8. The van der Waals surface area contributed by atoms with Crippen LogP contribution in [0.15, 0.2) is 12.1 Å². The van der Waals surface area contributed by atoms with Crippen molar-refractivity contribution in [2.24, 2.45) is 0 Å². The minimum absolute atomic E-state index is 0.104. The fourth-order valence-corrected chi connectivity index (χ4v) is 4.25. The van der Waals surface area contributed by atoms with Crippen LogP contribution in [0.3, 0.4) is 0 Å². The van der Waals surface area contributed by atoms with Gasteiger partial charge in [0.25, 0.3) is 0 Å². The van der Waals surface area contributed by atoms with E-state index in [1.807, 2.05) is 12.1 Å². The zero-order valence-electron chi connectivity index (χ0n) is 20.9. The van der Waals surface area contributed by atoms with Crippen LogP contribution in [-0.4, -0.2) is 106 Å². The maximum atomic E-state index is 14.7. The van der Waals surface area contributed by atoms with Gasteiger partial charge in [-0.25, -0.2) is 9.18 Å². The van der Waals surface area contributed by atoms with Crippen molar-refractivity contribution in [2.75, 3.05) is 51.2 Å². The van der Waals surface area contributed by atoms with Gasteiger partial charge < -0.3 is 24.8 Å². The molecule has 11 nitrogen and oxygen atoms in total. The van der Waals surface area contributed by atoms with Crippen LogP contribution in [0.4, 0.5) is 15.0 Å². The van der Waals surface area contributed by atoms with Gasteiger partial charge in [0.1, 0.15) is 17.6 Å². The second kappa shape index (κ2) is 10.3. The van der Waals surface area contributed by atoms with Crippen molar-refractivity contribution in [2.45, 2.75) is 57.8 Å². The molecule has 0 aromatic carbocycles. The molecule has 0 radical (unpaired) electrons. The van der Waals surface area contributed by atoms with E-state index in [0.29, 0.717) is 30.9 Å². The molecule has 0 spiro atoms. The first-order valence-electron chi connectivity index (χ1n) is 12.2. The number of likely N-dealkylation sites (N-methyl/N-ethyl adjacent to an activating group) is 1. The molecule has 2 aliphatic heterocycles. The number of rotatable bonds is 5. The zero-order valence-corrected chi connectivity index (χ0v) is 20.9. The predicted molar refractivity (Wildman–Crippen MR) is 128 cm³/mol. The number of carbonyl (C=O) groups excluding carboxylic acids is 2. The Kier molecular flexibility index (Phi) is 7.39. The first-order chi connectivity index (χ1) is 16.6. The second-order valence-electron chi connectivity index (χ2n) is 10.3. The van der Waals surface area contributed by atoms with Gasteiger partial charge in [-0.15, -0.1) is 15.3 Å². The van der Waals surface area contributed by atoms with Gasteiger partial charge in [-0.1, -0.05) is 0 Å². The number of fused-ring (bicyclic) bond motifs is 1. The lowest BCUT2D eigenvalue weighted by atomic mass is 10.0. The molecule has 2 fully saturated rings. The molecule has 2 aromatic rings. The molecule has 192 valence electrons. The fraction of sp³-hybridized carbons (Fsp3) is 0.696. The Hall–Kier alpha value is -3.02. The molecule has 12 heteroatoms. The van der Waals surface area contributed by atoms with Crippen LogP contribution in [0.1, 0.15) is 39.4 Å². The highest BCUT2D eigenvalue weighted by atomic mass is 19.1. The van der Waals surface area contributed by atoms with Gasteiger partial charge >= 0.3 is 6.09 Å². The van der Waals surface area contributed by atoms with Crippen LogP contribution >= 0.6 is 0 Å². The Morgan fingerprint density at radius 3 is 2.57 bits per heavy atom. The third kappa shape index (κ3) is 6.36. The van der Waals surface area contributed by atoms with E-state index < -0.39 is 23.9 Å². The van der Waals surface area contributed by atoms with Crippen molar-refractivity contribution in [1.29, 1.82) is 0 Å². The number of likely N-dealkylation sites (tertiary alicyclic amines) is 1. The van der Waals surface area contributed by atoms with E-state index in [2.05, 4.69) is 32.4 Å². The standard InChI is InChI=1S/C23H35FN8O3/c1-23(2,3)35-22(34)31-10-9-17(16(24)15-31)25-21(33)8-7-19-27-26-18-5-6-20(28-32(18)19)30-13-11-29(4)12-14-30/h5-6,16-17H,7-15H2,1-4H3,(H,25,33)/t16-,17+/m1/s1. The Morgan fingerprint density at radius 1 is 1.14 bits per heavy atom. The van der Waals surface area contributed by atoms with Crippen molar-refractivity contribution in [3.63, 3.8) is 0 Å². The van der Waals surface area contributed by atoms with Gasteiger partial charge in [0.2, 0.25) is 5.91 Å². The third-order valence-electron chi connectivity index (χ3n) is 6.26. The number of piperidine rings is 1. The first-order valence-corrected chi connectivity index (χ1v) is 12.2. The largest absolute Gasteiger partial charge is 0.444 e. The molecule has 1 N–H and O–H groups in total. The number of hydrogen-bond acceptors (Lipinski definition) is 8. The summed E-state index contributed by atoms with van der Waals surface area (Å²) in [5.41, 5.74) is -0.0171. The minimum Gasteiger partial charge on any atom is -0.444 e. The van der Waals surface area contributed by atoms with Gasteiger partial charge in [0.15, 0.2) is 11.5 Å². The van der Waals surface area contributed by atoms with E-state index >= 15 is 0 Å². The Labute approximate surface area is 204 Å². The van der Waals surface area contributed by atoms with E-state index in [-0.39, 0.29) is 18.9 Å². The maximum Gasteiger partial charge on any atom is 0.410 e. The van der Waals surface area contributed by atoms with Crippen LogP contribution in [-0.2, 0) is 16.0 Å². The van der Waals surface area contributed by atoms with Crippen molar-refractivity contribution in [3.05, 3.63) is 18.0 Å². The van der Waals surface area contributed by atoms with Crippen molar-refractivity contribution in [1.82, 2.24) is 34.9 Å². The van der Waals surface area contributed by atoms with Gasteiger partial charge in [-0.05, 0) is 46.4 Å². The lowest BCUT2D eigenvalue weighted by Gasteiger charge is -2.35. The quantitative estimate of drug-likeness (QED) is 0.668. The number of anilines is 1. The summed E-state index contributed by atoms with van der Waals surface area (Å²) < 4.78 is 21.7. The molecule has 2 aliphatic rings. The summed E-state index contributed by atoms with van der Waals surface area (Å²) >= 11 is 0. The number of carbonyl (C=O) groups is 2. The molecule has 2 saturated heterocycles. The minimum atomic E-state index is -1.36. The van der Waals surface area contributed by atoms with E-state index in [1.165, 1.54) is 4.90 Å². The molecule has 0 aliphatic carbocycles. The summed E-state index contributed by atoms with van der Waals surface area (Å²) in [5.74, 6) is 1.17. The van der Waals surface area contributed by atoms with Crippen LogP contribution in [0.2, 0.25) is 0 Å². The molecule has 0 unspecified atom stereocenters. The maximum absolute atomic E-state index is 14.7. The third-order valence-corrected chi connectivity index (χ3v) is 6.26. The average molecular weight is 491 g/mol. The second-order valence-corrected chi connectivity index (χ2v) is 10.3. The predicted octanol–water partition coefficient (Wildman–Crippen LogP) is 1.27. The number of nitrogens with one attached hydrogen (secondary N) is 1. The van der Waals surface area contributed by atoms with Crippen molar-refractivity contribution in [3.8, 4) is 0 Å². The number of halogens is 1. The lowest BCUT2D eigenvalue weighted by Crippen LogP contribution is -2.54. The number of hydrogen-bond donors (Lipinski definition) is 1. The number of piperazine rings is 1. The molecule has 4 rings (SSSR count). The average Bonchev–Trinajstić information content (AvgIpc) is 3.20. The van der Waals surface area contributed by atoms with Crippen LogP contribution in [0.5, 0.6) is 0 Å². The Morgan fingerprint density at radius 2 is 1.89 bits per heavy atom. The van der Waals surface area contributed by atoms with Crippen LogP contribution in [0, 0.1) is 0 Å². The van der Waals surface area contributed by atoms with E-state index in [9.17, 15) is 14.0 Å². The molecule has 0 saturated carbocycles. The first kappa shape index (κ1) is 25.1. The number of alkyl halides is 1. The topological polar surface area (TPSA) is 108 Å². The number of aromatic nitrogens is 4. The highest BCUT2D eigenvalue weighted by Crippen LogP contribution is 2.19. The Bertz CT molecular complexity index is 1050. The highest BCUT2D eigenvalue weighted by molar-refractivity contribution is 5.76. The molecule has 2 atom stereocenters. The molecular weight excluding hydrogens is 455 g/mol. The Balaban J connectivity index is 1.30. The highest BCUT2D eigenvalue weighted by Gasteiger charge is 2.34. The summed E-state index contributed by atoms with van der Waals surface area (Å²) in [6.07, 6.45) is -1.09. The van der Waals surface area contributed by atoms with Crippen molar-refractivity contribution >= 4 is 23.5 Å². The molecule has 2 aromatic heterocycles. The number of ether oxygens (including phenoxy) is 1. The summed E-state index contributed by atoms with van der Waals surface area (Å²) in [6.45, 7) is 9.27. The van der Waals surface area contributed by atoms with Crippen LogP contribution in [0.25, 0.3) is 5.65 Å².